The van der Waals surface area contributed by atoms with Crippen molar-refractivity contribution >= 4 is 11.3 Å². The third kappa shape index (κ3) is 2.06. The van der Waals surface area contributed by atoms with E-state index < -0.39 is 0 Å². The molecule has 0 bridgehead atoms. The van der Waals surface area contributed by atoms with Crippen LogP contribution < -0.4 is 5.73 Å². The summed E-state index contributed by atoms with van der Waals surface area (Å²) in [6, 6.07) is 4.99. The number of hydrogen-bond donors (Lipinski definition) is 1. The van der Waals surface area contributed by atoms with E-state index in [4.69, 9.17) is 5.73 Å². The Morgan fingerprint density at radius 1 is 1.47 bits per heavy atom. The average Bonchev–Trinajstić information content (AvgIpc) is 2.70. The lowest BCUT2D eigenvalue weighted by atomic mass is 10.1. The van der Waals surface area contributed by atoms with Gasteiger partial charge in [-0.1, -0.05) is 0 Å². The van der Waals surface area contributed by atoms with E-state index in [2.05, 4.69) is 4.98 Å². The first-order chi connectivity index (χ1) is 7.20. The summed E-state index contributed by atoms with van der Waals surface area (Å²) in [4.78, 5) is 4.34. The van der Waals surface area contributed by atoms with Crippen molar-refractivity contribution in [3.8, 4) is 11.3 Å². The third-order valence-electron chi connectivity index (χ3n) is 2.18. The zero-order valence-electron chi connectivity index (χ0n) is 8.33. The second-order valence-corrected chi connectivity index (χ2v) is 4.24. The van der Waals surface area contributed by atoms with Crippen molar-refractivity contribution in [1.82, 2.24) is 4.98 Å². The molecule has 0 aliphatic heterocycles. The maximum atomic E-state index is 13.0. The molecule has 0 spiro atoms. The van der Waals surface area contributed by atoms with Crippen molar-refractivity contribution in [2.75, 3.05) is 0 Å². The van der Waals surface area contributed by atoms with Gasteiger partial charge in [-0.15, -0.1) is 11.3 Å². The zero-order valence-corrected chi connectivity index (χ0v) is 9.14. The van der Waals surface area contributed by atoms with Crippen LogP contribution in [0.2, 0.25) is 0 Å². The average molecular weight is 222 g/mol. The molecule has 0 radical (unpaired) electrons. The molecule has 0 amide bonds. The molecule has 0 fully saturated rings. The van der Waals surface area contributed by atoms with Gasteiger partial charge in [0.15, 0.2) is 0 Å². The molecule has 15 heavy (non-hydrogen) atoms. The second kappa shape index (κ2) is 4.08. The quantitative estimate of drug-likeness (QED) is 0.848. The van der Waals surface area contributed by atoms with E-state index in [1.165, 1.54) is 17.4 Å². The standard InChI is InChI=1S/C11H11FN2S/c1-7-4-8(2-3-9(7)12)10-6-15-11(5-13)14-10/h2-4,6H,5,13H2,1H3. The van der Waals surface area contributed by atoms with E-state index in [9.17, 15) is 4.39 Å². The van der Waals surface area contributed by atoms with Gasteiger partial charge >= 0.3 is 0 Å². The first kappa shape index (κ1) is 10.3. The lowest BCUT2D eigenvalue weighted by Crippen LogP contribution is -1.94. The van der Waals surface area contributed by atoms with E-state index in [1.807, 2.05) is 5.38 Å². The maximum absolute atomic E-state index is 13.0. The maximum Gasteiger partial charge on any atom is 0.126 e. The molecular formula is C11H11FN2S. The number of nitrogens with zero attached hydrogens (tertiary/aromatic N) is 1. The molecule has 2 aromatic rings. The smallest absolute Gasteiger partial charge is 0.126 e. The minimum absolute atomic E-state index is 0.187. The highest BCUT2D eigenvalue weighted by atomic mass is 32.1. The first-order valence-corrected chi connectivity index (χ1v) is 5.49. The highest BCUT2D eigenvalue weighted by molar-refractivity contribution is 7.09. The van der Waals surface area contributed by atoms with Gasteiger partial charge in [0.25, 0.3) is 0 Å². The fourth-order valence-electron chi connectivity index (χ4n) is 1.34. The normalized spacial score (nSPS) is 10.6. The molecule has 1 aromatic carbocycles. The Morgan fingerprint density at radius 2 is 2.27 bits per heavy atom. The Morgan fingerprint density at radius 3 is 2.87 bits per heavy atom. The SMILES string of the molecule is Cc1cc(-c2csc(CN)n2)ccc1F. The van der Waals surface area contributed by atoms with Crippen LogP contribution in [0.25, 0.3) is 11.3 Å². The summed E-state index contributed by atoms with van der Waals surface area (Å²) >= 11 is 1.52. The predicted molar refractivity (Wildman–Crippen MR) is 60.1 cm³/mol. The fourth-order valence-corrected chi connectivity index (χ4v) is 2.02. The number of thiazole rings is 1. The molecule has 2 nitrogen and oxygen atoms in total. The molecular weight excluding hydrogens is 211 g/mol. The Labute approximate surface area is 91.6 Å². The molecule has 4 heteroatoms. The van der Waals surface area contributed by atoms with Gasteiger partial charge in [0, 0.05) is 17.5 Å². The van der Waals surface area contributed by atoms with Crippen LogP contribution >= 0.6 is 11.3 Å². The van der Waals surface area contributed by atoms with Crippen molar-refractivity contribution < 1.29 is 4.39 Å². The topological polar surface area (TPSA) is 38.9 Å². The Hall–Kier alpha value is -1.26. The second-order valence-electron chi connectivity index (χ2n) is 3.29. The molecule has 0 saturated heterocycles. The van der Waals surface area contributed by atoms with Gasteiger partial charge < -0.3 is 5.73 Å². The number of halogens is 1. The molecule has 0 aliphatic carbocycles. The van der Waals surface area contributed by atoms with Crippen LogP contribution in [0, 0.1) is 12.7 Å². The summed E-state index contributed by atoms with van der Waals surface area (Å²) in [5.41, 5.74) is 7.92. The van der Waals surface area contributed by atoms with Crippen LogP contribution in [0.3, 0.4) is 0 Å². The van der Waals surface area contributed by atoms with Gasteiger partial charge in [-0.2, -0.15) is 0 Å². The van der Waals surface area contributed by atoms with Crippen molar-refractivity contribution in [3.63, 3.8) is 0 Å². The lowest BCUT2D eigenvalue weighted by Gasteiger charge is -1.99. The predicted octanol–water partition coefficient (Wildman–Crippen LogP) is 2.72. The van der Waals surface area contributed by atoms with E-state index in [-0.39, 0.29) is 5.82 Å². The van der Waals surface area contributed by atoms with Crippen molar-refractivity contribution in [2.45, 2.75) is 13.5 Å². The van der Waals surface area contributed by atoms with Crippen LogP contribution in [0.5, 0.6) is 0 Å². The van der Waals surface area contributed by atoms with E-state index in [1.54, 1.807) is 19.1 Å². The monoisotopic (exact) mass is 222 g/mol. The van der Waals surface area contributed by atoms with Gasteiger partial charge in [0.05, 0.1) is 5.69 Å². The largest absolute Gasteiger partial charge is 0.325 e. The summed E-state index contributed by atoms with van der Waals surface area (Å²) in [5.74, 6) is -0.187. The first-order valence-electron chi connectivity index (χ1n) is 4.61. The van der Waals surface area contributed by atoms with Crippen LogP contribution in [0.15, 0.2) is 23.6 Å². The minimum atomic E-state index is -0.187. The molecule has 0 saturated carbocycles. The van der Waals surface area contributed by atoms with E-state index in [0.717, 1.165) is 16.3 Å². The number of aryl methyl sites for hydroxylation is 1. The number of hydrogen-bond acceptors (Lipinski definition) is 3. The lowest BCUT2D eigenvalue weighted by molar-refractivity contribution is 0.619. The van der Waals surface area contributed by atoms with Crippen molar-refractivity contribution in [2.24, 2.45) is 5.73 Å². The van der Waals surface area contributed by atoms with Crippen LogP contribution in [0.1, 0.15) is 10.6 Å². The van der Waals surface area contributed by atoms with Gasteiger partial charge in [-0.05, 0) is 30.7 Å². The summed E-state index contributed by atoms with van der Waals surface area (Å²) in [6.07, 6.45) is 0. The van der Waals surface area contributed by atoms with Gasteiger partial charge in [0.1, 0.15) is 10.8 Å². The molecule has 1 heterocycles. The number of rotatable bonds is 2. The number of aromatic nitrogens is 1. The van der Waals surface area contributed by atoms with Crippen LogP contribution in [0.4, 0.5) is 4.39 Å². The van der Waals surface area contributed by atoms with Crippen LogP contribution in [-0.2, 0) is 6.54 Å². The summed E-state index contributed by atoms with van der Waals surface area (Å²) in [5, 5.41) is 2.83. The summed E-state index contributed by atoms with van der Waals surface area (Å²) < 4.78 is 13.0. The zero-order chi connectivity index (χ0) is 10.8. The van der Waals surface area contributed by atoms with Crippen molar-refractivity contribution in [1.29, 1.82) is 0 Å². The molecule has 78 valence electrons. The highest BCUT2D eigenvalue weighted by Gasteiger charge is 2.05. The molecule has 1 aromatic heterocycles. The molecule has 0 atom stereocenters. The third-order valence-corrected chi connectivity index (χ3v) is 3.05. The molecule has 2 N–H and O–H groups in total. The Bertz CT molecular complexity index is 479. The van der Waals surface area contributed by atoms with Gasteiger partial charge in [-0.3, -0.25) is 0 Å². The molecule has 0 unspecified atom stereocenters. The van der Waals surface area contributed by atoms with E-state index >= 15 is 0 Å². The molecule has 2 rings (SSSR count). The Balaban J connectivity index is 2.40. The van der Waals surface area contributed by atoms with Gasteiger partial charge in [-0.25, -0.2) is 9.37 Å². The van der Waals surface area contributed by atoms with E-state index in [0.29, 0.717) is 12.1 Å². The number of nitrogens with two attached hydrogens (primary N) is 1. The summed E-state index contributed by atoms with van der Waals surface area (Å²) in [6.45, 7) is 2.19. The van der Waals surface area contributed by atoms with Crippen LogP contribution in [-0.4, -0.2) is 4.98 Å². The Kier molecular flexibility index (Phi) is 2.79. The fraction of sp³-hybridized carbons (Fsp3) is 0.182. The summed E-state index contributed by atoms with van der Waals surface area (Å²) in [7, 11) is 0. The molecule has 0 aliphatic rings. The highest BCUT2D eigenvalue weighted by Crippen LogP contribution is 2.23. The van der Waals surface area contributed by atoms with Gasteiger partial charge in [0.2, 0.25) is 0 Å². The number of benzene rings is 1. The minimum Gasteiger partial charge on any atom is -0.325 e. The van der Waals surface area contributed by atoms with Crippen molar-refractivity contribution in [3.05, 3.63) is 40.0 Å².